The maximum absolute atomic E-state index is 3.55. The summed E-state index contributed by atoms with van der Waals surface area (Å²) < 4.78 is 3.25. The summed E-state index contributed by atoms with van der Waals surface area (Å²) in [5.74, 6) is 0. The molecular weight excluding hydrogens is 332 g/mol. The average Bonchev–Trinajstić information content (AvgIpc) is 3.10. The van der Waals surface area contributed by atoms with Crippen LogP contribution in [0, 0.1) is 0 Å². The van der Waals surface area contributed by atoms with Gasteiger partial charge in [0, 0.05) is 38.5 Å². The SMILES string of the molecule is CC(Nc1cccc(-n2cccc2)c1)c1cc(Br)cs1. The highest BCUT2D eigenvalue weighted by molar-refractivity contribution is 9.10. The first-order valence-corrected chi connectivity index (χ1v) is 8.13. The molecule has 0 amide bonds. The van der Waals surface area contributed by atoms with Gasteiger partial charge in [0.25, 0.3) is 0 Å². The Morgan fingerprint density at radius 1 is 1.15 bits per heavy atom. The molecule has 0 aliphatic rings. The molecule has 4 heteroatoms. The zero-order valence-electron chi connectivity index (χ0n) is 11.1. The number of aromatic nitrogens is 1. The lowest BCUT2D eigenvalue weighted by Gasteiger charge is -2.15. The van der Waals surface area contributed by atoms with Crippen molar-refractivity contribution in [2.24, 2.45) is 0 Å². The fraction of sp³-hybridized carbons (Fsp3) is 0.125. The Bertz CT molecular complexity index is 688. The molecule has 1 atom stereocenters. The second-order valence-corrected chi connectivity index (χ2v) is 6.53. The predicted octanol–water partition coefficient (Wildman–Crippen LogP) is 5.47. The van der Waals surface area contributed by atoms with Crippen molar-refractivity contribution in [1.82, 2.24) is 4.57 Å². The molecule has 0 saturated heterocycles. The molecule has 2 heterocycles. The molecule has 0 spiro atoms. The Morgan fingerprint density at radius 2 is 1.95 bits per heavy atom. The van der Waals surface area contributed by atoms with Crippen molar-refractivity contribution in [3.63, 3.8) is 0 Å². The van der Waals surface area contributed by atoms with E-state index in [2.05, 4.69) is 80.8 Å². The van der Waals surface area contributed by atoms with Gasteiger partial charge in [0.15, 0.2) is 0 Å². The van der Waals surface area contributed by atoms with Gasteiger partial charge in [-0.1, -0.05) is 6.07 Å². The molecule has 2 nitrogen and oxygen atoms in total. The summed E-state index contributed by atoms with van der Waals surface area (Å²) in [6.07, 6.45) is 4.11. The first-order valence-electron chi connectivity index (χ1n) is 6.46. The number of anilines is 1. The molecule has 0 radical (unpaired) electrons. The van der Waals surface area contributed by atoms with Crippen LogP contribution in [0.2, 0.25) is 0 Å². The molecule has 1 N–H and O–H groups in total. The van der Waals surface area contributed by atoms with Gasteiger partial charge < -0.3 is 9.88 Å². The van der Waals surface area contributed by atoms with E-state index in [4.69, 9.17) is 0 Å². The zero-order valence-corrected chi connectivity index (χ0v) is 13.5. The van der Waals surface area contributed by atoms with Gasteiger partial charge in [-0.05, 0) is 59.3 Å². The van der Waals surface area contributed by atoms with Gasteiger partial charge in [0.1, 0.15) is 0 Å². The molecule has 0 aliphatic carbocycles. The van der Waals surface area contributed by atoms with Crippen LogP contribution in [0.4, 0.5) is 5.69 Å². The fourth-order valence-electron chi connectivity index (χ4n) is 2.14. The average molecular weight is 347 g/mol. The number of rotatable bonds is 4. The van der Waals surface area contributed by atoms with Crippen LogP contribution < -0.4 is 5.32 Å². The maximum Gasteiger partial charge on any atom is 0.0578 e. The topological polar surface area (TPSA) is 17.0 Å². The first-order chi connectivity index (χ1) is 9.72. The van der Waals surface area contributed by atoms with Gasteiger partial charge in [0.05, 0.1) is 6.04 Å². The van der Waals surface area contributed by atoms with Crippen LogP contribution in [0.15, 0.2) is 64.7 Å². The second-order valence-electron chi connectivity index (χ2n) is 4.67. The summed E-state index contributed by atoms with van der Waals surface area (Å²) >= 11 is 5.27. The fourth-order valence-corrected chi connectivity index (χ4v) is 3.59. The Labute approximate surface area is 131 Å². The smallest absolute Gasteiger partial charge is 0.0578 e. The van der Waals surface area contributed by atoms with Crippen LogP contribution >= 0.6 is 27.3 Å². The van der Waals surface area contributed by atoms with E-state index in [1.165, 1.54) is 10.6 Å². The molecule has 102 valence electrons. The lowest BCUT2D eigenvalue weighted by atomic mass is 10.2. The highest BCUT2D eigenvalue weighted by Gasteiger charge is 2.08. The third-order valence-corrected chi connectivity index (χ3v) is 5.02. The molecule has 0 bridgehead atoms. The van der Waals surface area contributed by atoms with Crippen molar-refractivity contribution in [1.29, 1.82) is 0 Å². The summed E-state index contributed by atoms with van der Waals surface area (Å²) in [6, 6.07) is 15.0. The number of hydrogen-bond donors (Lipinski definition) is 1. The molecule has 20 heavy (non-hydrogen) atoms. The van der Waals surface area contributed by atoms with E-state index in [-0.39, 0.29) is 0 Å². The third kappa shape index (κ3) is 2.97. The van der Waals surface area contributed by atoms with Crippen molar-refractivity contribution >= 4 is 33.0 Å². The lowest BCUT2D eigenvalue weighted by molar-refractivity contribution is 0.906. The highest BCUT2D eigenvalue weighted by atomic mass is 79.9. The molecule has 3 aromatic rings. The van der Waals surface area contributed by atoms with Crippen LogP contribution in [0.5, 0.6) is 0 Å². The summed E-state index contributed by atoms with van der Waals surface area (Å²) in [5, 5.41) is 5.66. The first kappa shape index (κ1) is 13.5. The number of halogens is 1. The molecule has 1 aromatic carbocycles. The zero-order chi connectivity index (χ0) is 13.9. The summed E-state index contributed by atoms with van der Waals surface area (Å²) in [6.45, 7) is 2.18. The molecule has 2 aromatic heterocycles. The monoisotopic (exact) mass is 346 g/mol. The van der Waals surface area contributed by atoms with Crippen LogP contribution in [-0.4, -0.2) is 4.57 Å². The van der Waals surface area contributed by atoms with E-state index in [0.29, 0.717) is 6.04 Å². The van der Waals surface area contributed by atoms with Crippen LogP contribution in [0.1, 0.15) is 17.8 Å². The van der Waals surface area contributed by atoms with E-state index < -0.39 is 0 Å². The Kier molecular flexibility index (Phi) is 3.94. The molecule has 0 saturated carbocycles. The van der Waals surface area contributed by atoms with E-state index in [9.17, 15) is 0 Å². The Balaban J connectivity index is 1.79. The second kappa shape index (κ2) is 5.85. The Morgan fingerprint density at radius 3 is 2.65 bits per heavy atom. The number of benzene rings is 1. The van der Waals surface area contributed by atoms with Gasteiger partial charge >= 0.3 is 0 Å². The van der Waals surface area contributed by atoms with Crippen molar-refractivity contribution < 1.29 is 0 Å². The van der Waals surface area contributed by atoms with Crippen molar-refractivity contribution in [2.75, 3.05) is 5.32 Å². The van der Waals surface area contributed by atoms with E-state index >= 15 is 0 Å². The molecule has 0 aliphatic heterocycles. The van der Waals surface area contributed by atoms with Crippen molar-refractivity contribution in [3.8, 4) is 5.69 Å². The van der Waals surface area contributed by atoms with Crippen LogP contribution in [0.25, 0.3) is 5.69 Å². The van der Waals surface area contributed by atoms with E-state index in [1.54, 1.807) is 11.3 Å². The molecule has 1 unspecified atom stereocenters. The van der Waals surface area contributed by atoms with Gasteiger partial charge in [0.2, 0.25) is 0 Å². The Hall–Kier alpha value is -1.52. The number of nitrogens with zero attached hydrogens (tertiary/aromatic N) is 1. The largest absolute Gasteiger partial charge is 0.378 e. The minimum absolute atomic E-state index is 0.297. The summed E-state index contributed by atoms with van der Waals surface area (Å²) in [5.41, 5.74) is 2.30. The minimum Gasteiger partial charge on any atom is -0.378 e. The third-order valence-electron chi connectivity index (χ3n) is 3.15. The van der Waals surface area contributed by atoms with Gasteiger partial charge in [-0.2, -0.15) is 0 Å². The normalized spacial score (nSPS) is 12.3. The van der Waals surface area contributed by atoms with Gasteiger partial charge in [-0.15, -0.1) is 11.3 Å². The standard InChI is InChI=1S/C16H15BrN2S/c1-12(16-9-13(17)11-20-16)18-14-5-4-6-15(10-14)19-7-2-3-8-19/h2-12,18H,1H3. The molecule has 0 fully saturated rings. The number of hydrogen-bond acceptors (Lipinski definition) is 2. The molecule has 3 rings (SSSR count). The highest BCUT2D eigenvalue weighted by Crippen LogP contribution is 2.28. The maximum atomic E-state index is 3.55. The molecular formula is C16H15BrN2S. The lowest BCUT2D eigenvalue weighted by Crippen LogP contribution is -2.05. The predicted molar refractivity (Wildman–Crippen MR) is 89.8 cm³/mol. The van der Waals surface area contributed by atoms with Gasteiger partial charge in [-0.3, -0.25) is 0 Å². The van der Waals surface area contributed by atoms with E-state index in [1.807, 2.05) is 12.1 Å². The van der Waals surface area contributed by atoms with Crippen molar-refractivity contribution in [2.45, 2.75) is 13.0 Å². The summed E-state index contributed by atoms with van der Waals surface area (Å²) in [4.78, 5) is 1.32. The minimum atomic E-state index is 0.297. The van der Waals surface area contributed by atoms with Crippen molar-refractivity contribution in [3.05, 3.63) is 69.6 Å². The quantitative estimate of drug-likeness (QED) is 0.662. The number of thiophene rings is 1. The van der Waals surface area contributed by atoms with E-state index in [0.717, 1.165) is 10.2 Å². The number of nitrogens with one attached hydrogen (secondary N) is 1. The van der Waals surface area contributed by atoms with Crippen LogP contribution in [-0.2, 0) is 0 Å². The van der Waals surface area contributed by atoms with Crippen LogP contribution in [0.3, 0.4) is 0 Å². The summed E-state index contributed by atoms with van der Waals surface area (Å²) in [7, 11) is 0. The van der Waals surface area contributed by atoms with Gasteiger partial charge in [-0.25, -0.2) is 0 Å².